The van der Waals surface area contributed by atoms with Crippen LogP contribution in [-0.4, -0.2) is 13.0 Å². The van der Waals surface area contributed by atoms with Crippen molar-refractivity contribution >= 4 is 27.3 Å². The molecule has 114 valence electrons. The molecule has 0 radical (unpaired) electrons. The van der Waals surface area contributed by atoms with E-state index in [9.17, 15) is 12.8 Å². The molecule has 1 heterocycles. The second-order valence-corrected chi connectivity index (χ2v) is 6.51. The molecule has 0 aliphatic rings. The minimum Gasteiger partial charge on any atom is -0.349 e. The van der Waals surface area contributed by atoms with Gasteiger partial charge in [0.1, 0.15) is 10.7 Å². The van der Waals surface area contributed by atoms with Crippen molar-refractivity contribution in [1.82, 2.24) is 4.57 Å². The predicted molar refractivity (Wildman–Crippen MR) is 80.2 cm³/mol. The van der Waals surface area contributed by atoms with Crippen LogP contribution < -0.4 is 10.5 Å². The summed E-state index contributed by atoms with van der Waals surface area (Å²) in [6, 6.07) is 5.20. The molecule has 0 saturated heterocycles. The predicted octanol–water partition coefficient (Wildman–Crippen LogP) is 2.56. The molecule has 1 aromatic heterocycles. The lowest BCUT2D eigenvalue weighted by Crippen LogP contribution is -2.13. The van der Waals surface area contributed by atoms with Gasteiger partial charge in [0.25, 0.3) is 10.0 Å². The second kappa shape index (κ2) is 6.05. The molecule has 1 aromatic carbocycles. The molecule has 0 fully saturated rings. The average molecular weight is 332 g/mol. The normalized spacial score (nSPS) is 11.6. The van der Waals surface area contributed by atoms with Gasteiger partial charge in [0, 0.05) is 30.0 Å². The quantitative estimate of drug-likeness (QED) is 0.884. The maximum Gasteiger partial charge on any atom is 0.263 e. The highest BCUT2D eigenvalue weighted by molar-refractivity contribution is 7.92. The fourth-order valence-electron chi connectivity index (χ4n) is 1.91. The second-order valence-electron chi connectivity index (χ2n) is 4.39. The Morgan fingerprint density at radius 1 is 1.38 bits per heavy atom. The van der Waals surface area contributed by atoms with Gasteiger partial charge in [0.05, 0.1) is 5.69 Å². The number of aryl methyl sites for hydroxylation is 1. The van der Waals surface area contributed by atoms with E-state index < -0.39 is 15.8 Å². The Morgan fingerprint density at radius 3 is 2.62 bits per heavy atom. The monoisotopic (exact) mass is 331 g/mol. The molecule has 0 atom stereocenters. The number of nitrogens with two attached hydrogens (primary N) is 1. The van der Waals surface area contributed by atoms with Gasteiger partial charge in [-0.2, -0.15) is 0 Å². The van der Waals surface area contributed by atoms with Crippen LogP contribution in [-0.2, 0) is 23.1 Å². The molecule has 2 rings (SSSR count). The molecule has 0 aliphatic carbocycles. The highest BCUT2D eigenvalue weighted by atomic mass is 35.5. The van der Waals surface area contributed by atoms with Gasteiger partial charge in [0.15, 0.2) is 0 Å². The Kier molecular flexibility index (Phi) is 4.55. The highest BCUT2D eigenvalue weighted by Gasteiger charge is 2.19. The molecule has 3 N–H and O–H groups in total. The molecule has 0 bridgehead atoms. The summed E-state index contributed by atoms with van der Waals surface area (Å²) in [4.78, 5) is 0.0409. The first-order valence-corrected chi connectivity index (χ1v) is 8.10. The average Bonchev–Trinajstić information content (AvgIpc) is 2.86. The van der Waals surface area contributed by atoms with E-state index in [1.54, 1.807) is 4.57 Å². The van der Waals surface area contributed by atoms with Crippen LogP contribution in [0.2, 0.25) is 5.02 Å². The number of nitrogens with zero attached hydrogens (tertiary/aromatic N) is 1. The summed E-state index contributed by atoms with van der Waals surface area (Å²) in [5, 5.41) is 0.193. The van der Waals surface area contributed by atoms with Crippen molar-refractivity contribution in [2.75, 3.05) is 4.72 Å². The zero-order valence-electron chi connectivity index (χ0n) is 11.3. The van der Waals surface area contributed by atoms with E-state index in [-0.39, 0.29) is 22.2 Å². The Morgan fingerprint density at radius 2 is 2.10 bits per heavy atom. The largest absolute Gasteiger partial charge is 0.349 e. The number of halogens is 2. The van der Waals surface area contributed by atoms with Crippen LogP contribution in [0.25, 0.3) is 0 Å². The molecule has 21 heavy (non-hydrogen) atoms. The maximum absolute atomic E-state index is 13.7. The minimum absolute atomic E-state index is 0.0409. The zero-order chi connectivity index (χ0) is 15.6. The van der Waals surface area contributed by atoms with Crippen LogP contribution in [0.5, 0.6) is 0 Å². The Labute approximate surface area is 127 Å². The molecule has 8 heteroatoms. The van der Waals surface area contributed by atoms with Gasteiger partial charge in [-0.1, -0.05) is 11.6 Å². The van der Waals surface area contributed by atoms with Gasteiger partial charge in [-0.15, -0.1) is 0 Å². The smallest absolute Gasteiger partial charge is 0.263 e. The molecule has 0 unspecified atom stereocenters. The number of nitrogens with one attached hydrogen (secondary N) is 1. The summed E-state index contributed by atoms with van der Waals surface area (Å²) in [6.07, 6.45) is 1.47. The van der Waals surface area contributed by atoms with Crippen LogP contribution in [0.4, 0.5) is 10.1 Å². The minimum atomic E-state index is -3.88. The molecule has 5 nitrogen and oxygen atoms in total. The number of hydrogen-bond acceptors (Lipinski definition) is 3. The lowest BCUT2D eigenvalue weighted by atomic mass is 10.3. The SMILES string of the molecule is CCn1cc(S(=O)(=O)Nc2ccc(Cl)cc2F)cc1CN. The van der Waals surface area contributed by atoms with Crippen LogP contribution in [0.3, 0.4) is 0 Å². The van der Waals surface area contributed by atoms with Crippen molar-refractivity contribution in [1.29, 1.82) is 0 Å². The van der Waals surface area contributed by atoms with Crippen LogP contribution in [0.15, 0.2) is 35.4 Å². The maximum atomic E-state index is 13.7. The first-order chi connectivity index (χ1) is 9.87. The lowest BCUT2D eigenvalue weighted by Gasteiger charge is -2.07. The number of rotatable bonds is 5. The summed E-state index contributed by atoms with van der Waals surface area (Å²) in [7, 11) is -3.88. The first kappa shape index (κ1) is 15.8. The van der Waals surface area contributed by atoms with Crippen molar-refractivity contribution in [2.24, 2.45) is 5.73 Å². The summed E-state index contributed by atoms with van der Waals surface area (Å²) in [6.45, 7) is 2.69. The van der Waals surface area contributed by atoms with Gasteiger partial charge < -0.3 is 10.3 Å². The van der Waals surface area contributed by atoms with E-state index in [1.165, 1.54) is 24.4 Å². The fraction of sp³-hybridized carbons (Fsp3) is 0.231. The number of anilines is 1. The molecular formula is C13H15ClFN3O2S. The van der Waals surface area contributed by atoms with Crippen molar-refractivity contribution in [3.63, 3.8) is 0 Å². The van der Waals surface area contributed by atoms with Crippen LogP contribution >= 0.6 is 11.6 Å². The standard InChI is InChI=1S/C13H15ClFN3O2S/c1-2-18-8-11(6-10(18)7-16)21(19,20)17-13-4-3-9(14)5-12(13)15/h3-6,8,17H,2,7,16H2,1H3. The fourth-order valence-corrected chi connectivity index (χ4v) is 3.20. The van der Waals surface area contributed by atoms with Gasteiger partial charge in [0.2, 0.25) is 0 Å². The number of sulfonamides is 1. The lowest BCUT2D eigenvalue weighted by molar-refractivity contribution is 0.598. The van der Waals surface area contributed by atoms with Gasteiger partial charge >= 0.3 is 0 Å². The van der Waals surface area contributed by atoms with Gasteiger partial charge in [-0.25, -0.2) is 12.8 Å². The number of hydrogen-bond donors (Lipinski definition) is 2. The van der Waals surface area contributed by atoms with Gasteiger partial charge in [-0.3, -0.25) is 4.72 Å². The third kappa shape index (κ3) is 3.37. The van der Waals surface area contributed by atoms with E-state index in [0.717, 1.165) is 6.07 Å². The van der Waals surface area contributed by atoms with Crippen molar-refractivity contribution < 1.29 is 12.8 Å². The molecule has 0 amide bonds. The van der Waals surface area contributed by atoms with Crippen LogP contribution in [0.1, 0.15) is 12.6 Å². The molecule has 0 saturated carbocycles. The van der Waals surface area contributed by atoms with E-state index in [1.807, 2.05) is 6.92 Å². The number of benzene rings is 1. The Bertz CT molecular complexity index is 737. The highest BCUT2D eigenvalue weighted by Crippen LogP contribution is 2.23. The Hall–Kier alpha value is -1.57. The van der Waals surface area contributed by atoms with E-state index >= 15 is 0 Å². The van der Waals surface area contributed by atoms with Crippen molar-refractivity contribution in [3.05, 3.63) is 47.0 Å². The molecule has 0 aliphatic heterocycles. The zero-order valence-corrected chi connectivity index (χ0v) is 12.9. The van der Waals surface area contributed by atoms with Gasteiger partial charge in [-0.05, 0) is 31.2 Å². The number of aromatic nitrogens is 1. The molecule has 2 aromatic rings. The summed E-state index contributed by atoms with van der Waals surface area (Å²) < 4.78 is 42.2. The Balaban J connectivity index is 2.36. The molecule has 0 spiro atoms. The van der Waals surface area contributed by atoms with E-state index in [4.69, 9.17) is 17.3 Å². The molecular weight excluding hydrogens is 317 g/mol. The van der Waals surface area contributed by atoms with Crippen LogP contribution in [0, 0.1) is 5.82 Å². The summed E-state index contributed by atoms with van der Waals surface area (Å²) in [5.41, 5.74) is 6.10. The third-order valence-corrected chi connectivity index (χ3v) is 4.56. The van der Waals surface area contributed by atoms with E-state index in [2.05, 4.69) is 4.72 Å². The third-order valence-electron chi connectivity index (χ3n) is 3.00. The first-order valence-electron chi connectivity index (χ1n) is 6.24. The van der Waals surface area contributed by atoms with E-state index in [0.29, 0.717) is 12.2 Å². The summed E-state index contributed by atoms with van der Waals surface area (Å²) in [5.74, 6) is -0.736. The van der Waals surface area contributed by atoms with Crippen molar-refractivity contribution in [2.45, 2.75) is 24.9 Å². The summed E-state index contributed by atoms with van der Waals surface area (Å²) >= 11 is 5.63. The van der Waals surface area contributed by atoms with Crippen molar-refractivity contribution in [3.8, 4) is 0 Å². The topological polar surface area (TPSA) is 77.1 Å².